The molecule has 1 N–H and O–H groups in total. The van der Waals surface area contributed by atoms with Crippen LogP contribution < -0.4 is 4.74 Å². The predicted molar refractivity (Wildman–Crippen MR) is 72.3 cm³/mol. The molecule has 0 aliphatic carbocycles. The van der Waals surface area contributed by atoms with Gasteiger partial charge in [-0.3, -0.25) is 4.98 Å². The summed E-state index contributed by atoms with van der Waals surface area (Å²) in [6.07, 6.45) is 4.53. The fourth-order valence-corrected chi connectivity index (χ4v) is 2.67. The second-order valence-corrected chi connectivity index (χ2v) is 4.74. The number of aromatic nitrogens is 3. The molecule has 4 heteroatoms. The summed E-state index contributed by atoms with van der Waals surface area (Å²) in [6.45, 7) is 0.733. The van der Waals surface area contributed by atoms with Crippen molar-refractivity contribution < 1.29 is 4.74 Å². The lowest BCUT2D eigenvalue weighted by molar-refractivity contribution is 0.275. The van der Waals surface area contributed by atoms with E-state index in [2.05, 4.69) is 21.0 Å². The van der Waals surface area contributed by atoms with E-state index in [1.54, 1.807) is 6.20 Å². The van der Waals surface area contributed by atoms with Crippen LogP contribution in [0.15, 0.2) is 42.7 Å². The Morgan fingerprint density at radius 3 is 3.11 bits per heavy atom. The third kappa shape index (κ3) is 1.68. The number of H-pyrrole nitrogens is 1. The number of ether oxygens (including phenoxy) is 1. The Balaban J connectivity index is 1.85. The summed E-state index contributed by atoms with van der Waals surface area (Å²) < 4.78 is 5.70. The zero-order chi connectivity index (χ0) is 12.7. The first kappa shape index (κ1) is 10.6. The van der Waals surface area contributed by atoms with E-state index in [1.165, 1.54) is 5.56 Å². The number of rotatable bonds is 1. The van der Waals surface area contributed by atoms with Crippen LogP contribution in [-0.4, -0.2) is 21.6 Å². The molecule has 19 heavy (non-hydrogen) atoms. The third-order valence-electron chi connectivity index (χ3n) is 3.59. The molecule has 4 rings (SSSR count). The maximum Gasteiger partial charge on any atom is 0.123 e. The molecule has 1 aromatic carbocycles. The third-order valence-corrected chi connectivity index (χ3v) is 3.59. The summed E-state index contributed by atoms with van der Waals surface area (Å²) in [5.41, 5.74) is 3.16. The van der Waals surface area contributed by atoms with Gasteiger partial charge >= 0.3 is 0 Å². The number of nitrogens with one attached hydrogen (secondary N) is 1. The van der Waals surface area contributed by atoms with E-state index < -0.39 is 0 Å². The standard InChI is InChI=1S/C15H13N3O/c1-2-4-14-10(3-1)11(6-8-19-14)15-17-12-5-7-16-9-13(12)18-15/h1-5,7,9,11H,6,8H2,(H,17,18). The number of pyridine rings is 1. The highest BCUT2D eigenvalue weighted by atomic mass is 16.5. The lowest BCUT2D eigenvalue weighted by atomic mass is 9.92. The second-order valence-electron chi connectivity index (χ2n) is 4.74. The zero-order valence-electron chi connectivity index (χ0n) is 10.3. The van der Waals surface area contributed by atoms with Gasteiger partial charge < -0.3 is 9.72 Å². The highest BCUT2D eigenvalue weighted by molar-refractivity contribution is 5.73. The van der Waals surface area contributed by atoms with Gasteiger partial charge in [0.2, 0.25) is 0 Å². The minimum Gasteiger partial charge on any atom is -0.493 e. The number of nitrogens with zero attached hydrogens (tertiary/aromatic N) is 2. The Labute approximate surface area is 110 Å². The molecule has 3 heterocycles. The highest BCUT2D eigenvalue weighted by Gasteiger charge is 2.25. The number of fused-ring (bicyclic) bond motifs is 2. The molecule has 3 aromatic rings. The van der Waals surface area contributed by atoms with Gasteiger partial charge in [0.25, 0.3) is 0 Å². The second kappa shape index (κ2) is 4.09. The number of para-hydroxylation sites is 1. The van der Waals surface area contributed by atoms with Gasteiger partial charge in [0, 0.05) is 17.7 Å². The maximum absolute atomic E-state index is 5.70. The molecule has 0 spiro atoms. The Kier molecular flexibility index (Phi) is 2.27. The van der Waals surface area contributed by atoms with Crippen molar-refractivity contribution in [1.82, 2.24) is 15.0 Å². The first-order chi connectivity index (χ1) is 9.42. The van der Waals surface area contributed by atoms with Gasteiger partial charge in [-0.05, 0) is 18.6 Å². The fourth-order valence-electron chi connectivity index (χ4n) is 2.67. The lowest BCUT2D eigenvalue weighted by Gasteiger charge is -2.24. The van der Waals surface area contributed by atoms with Crippen molar-refractivity contribution in [2.24, 2.45) is 0 Å². The van der Waals surface area contributed by atoms with Crippen LogP contribution in [-0.2, 0) is 0 Å². The van der Waals surface area contributed by atoms with Crippen LogP contribution in [0.2, 0.25) is 0 Å². The molecule has 0 bridgehead atoms. The van der Waals surface area contributed by atoms with Crippen LogP contribution in [0, 0.1) is 0 Å². The number of aromatic amines is 1. The average Bonchev–Trinajstić information content (AvgIpc) is 2.90. The van der Waals surface area contributed by atoms with Crippen molar-refractivity contribution >= 4 is 11.0 Å². The van der Waals surface area contributed by atoms with Gasteiger partial charge in [-0.1, -0.05) is 18.2 Å². The number of hydrogen-bond acceptors (Lipinski definition) is 3. The molecule has 4 nitrogen and oxygen atoms in total. The molecule has 1 unspecified atom stereocenters. The molecule has 2 aromatic heterocycles. The Bertz CT molecular complexity index is 702. The Hall–Kier alpha value is -2.36. The predicted octanol–water partition coefficient (Wildman–Crippen LogP) is 2.87. The quantitative estimate of drug-likeness (QED) is 0.723. The molecule has 1 atom stereocenters. The summed E-state index contributed by atoms with van der Waals surface area (Å²) in [4.78, 5) is 12.2. The smallest absolute Gasteiger partial charge is 0.123 e. The van der Waals surface area contributed by atoms with E-state index in [4.69, 9.17) is 4.74 Å². The number of imidazole rings is 1. The normalized spacial score (nSPS) is 18.0. The van der Waals surface area contributed by atoms with Crippen LogP contribution in [0.5, 0.6) is 5.75 Å². The van der Waals surface area contributed by atoms with Gasteiger partial charge in [0.15, 0.2) is 0 Å². The topological polar surface area (TPSA) is 50.8 Å². The molecule has 0 saturated heterocycles. The summed E-state index contributed by atoms with van der Waals surface area (Å²) >= 11 is 0. The van der Waals surface area contributed by atoms with Crippen LogP contribution in [0.4, 0.5) is 0 Å². The molecule has 94 valence electrons. The van der Waals surface area contributed by atoms with Crippen molar-refractivity contribution in [2.75, 3.05) is 6.61 Å². The molecule has 1 aliphatic rings. The summed E-state index contributed by atoms with van der Waals surface area (Å²) in [7, 11) is 0. The van der Waals surface area contributed by atoms with E-state index >= 15 is 0 Å². The largest absolute Gasteiger partial charge is 0.493 e. The van der Waals surface area contributed by atoms with Crippen LogP contribution in [0.3, 0.4) is 0 Å². The van der Waals surface area contributed by atoms with Crippen molar-refractivity contribution in [3.63, 3.8) is 0 Å². The monoisotopic (exact) mass is 251 g/mol. The minimum atomic E-state index is 0.275. The first-order valence-electron chi connectivity index (χ1n) is 6.43. The van der Waals surface area contributed by atoms with Crippen molar-refractivity contribution in [2.45, 2.75) is 12.3 Å². The molecule has 0 saturated carbocycles. The molecule has 0 fully saturated rings. The van der Waals surface area contributed by atoms with Gasteiger partial charge in [0.1, 0.15) is 11.6 Å². The van der Waals surface area contributed by atoms with Crippen molar-refractivity contribution in [1.29, 1.82) is 0 Å². The van der Waals surface area contributed by atoms with Crippen LogP contribution in [0.25, 0.3) is 11.0 Å². The number of hydrogen-bond donors (Lipinski definition) is 1. The summed E-state index contributed by atoms with van der Waals surface area (Å²) in [6, 6.07) is 10.1. The van der Waals surface area contributed by atoms with Crippen molar-refractivity contribution in [3.8, 4) is 5.75 Å². The summed E-state index contributed by atoms with van der Waals surface area (Å²) in [5, 5.41) is 0. The van der Waals surface area contributed by atoms with Gasteiger partial charge in [0.05, 0.1) is 23.8 Å². The number of benzene rings is 1. The minimum absolute atomic E-state index is 0.275. The molecule has 0 amide bonds. The van der Waals surface area contributed by atoms with Crippen LogP contribution in [0.1, 0.15) is 23.7 Å². The van der Waals surface area contributed by atoms with Crippen LogP contribution >= 0.6 is 0 Å². The molecule has 1 aliphatic heterocycles. The van der Waals surface area contributed by atoms with E-state index in [0.29, 0.717) is 0 Å². The van der Waals surface area contributed by atoms with E-state index in [-0.39, 0.29) is 5.92 Å². The van der Waals surface area contributed by atoms with Gasteiger partial charge in [-0.2, -0.15) is 0 Å². The molecular weight excluding hydrogens is 238 g/mol. The average molecular weight is 251 g/mol. The highest BCUT2D eigenvalue weighted by Crippen LogP contribution is 2.37. The maximum atomic E-state index is 5.70. The first-order valence-corrected chi connectivity index (χ1v) is 6.43. The van der Waals surface area contributed by atoms with Gasteiger partial charge in [-0.25, -0.2) is 4.98 Å². The van der Waals surface area contributed by atoms with Crippen molar-refractivity contribution in [3.05, 3.63) is 54.1 Å². The Morgan fingerprint density at radius 2 is 2.16 bits per heavy atom. The van der Waals surface area contributed by atoms with E-state index in [9.17, 15) is 0 Å². The molecular formula is C15H13N3O. The summed E-state index contributed by atoms with van der Waals surface area (Å²) in [5.74, 6) is 2.24. The SMILES string of the molecule is c1ccc2c(c1)OCCC2c1nc2ccncc2[nH]1. The molecule has 0 radical (unpaired) electrons. The van der Waals surface area contributed by atoms with E-state index in [0.717, 1.165) is 35.6 Å². The Morgan fingerprint density at radius 1 is 1.21 bits per heavy atom. The lowest BCUT2D eigenvalue weighted by Crippen LogP contribution is -2.16. The fraction of sp³-hybridized carbons (Fsp3) is 0.200. The van der Waals surface area contributed by atoms with Gasteiger partial charge in [-0.15, -0.1) is 0 Å². The van der Waals surface area contributed by atoms with E-state index in [1.807, 2.05) is 30.5 Å². The zero-order valence-corrected chi connectivity index (χ0v) is 10.3.